The zero-order chi connectivity index (χ0) is 9.24. The topological polar surface area (TPSA) is 18.5 Å². The molecule has 0 saturated carbocycles. The van der Waals surface area contributed by atoms with Gasteiger partial charge in [-0.2, -0.15) is 0 Å². The molecule has 1 aliphatic rings. The Morgan fingerprint density at radius 3 is 2.42 bits per heavy atom. The first-order valence-electron chi connectivity index (χ1n) is 4.32. The standard InChI is InChI=1S/C10H16O2/c1-5-6-7-10(4)8-11-9(2,3)12-10/h5,8H2,1-4H3/t10-/m0/s1. The average molecular weight is 168 g/mol. The van der Waals surface area contributed by atoms with Gasteiger partial charge in [0.15, 0.2) is 11.4 Å². The molecule has 2 nitrogen and oxygen atoms in total. The molecule has 1 aliphatic heterocycles. The van der Waals surface area contributed by atoms with Crippen LogP contribution in [0.1, 0.15) is 34.1 Å². The summed E-state index contributed by atoms with van der Waals surface area (Å²) in [5, 5.41) is 0. The van der Waals surface area contributed by atoms with Gasteiger partial charge < -0.3 is 9.47 Å². The van der Waals surface area contributed by atoms with Crippen molar-refractivity contribution < 1.29 is 9.47 Å². The molecule has 1 fully saturated rings. The minimum atomic E-state index is -0.475. The van der Waals surface area contributed by atoms with Crippen LogP contribution in [-0.4, -0.2) is 18.0 Å². The molecule has 0 aromatic heterocycles. The monoisotopic (exact) mass is 168 g/mol. The molecule has 0 spiro atoms. The lowest BCUT2D eigenvalue weighted by molar-refractivity contribution is -0.146. The molecule has 0 bridgehead atoms. The molecule has 2 heteroatoms. The van der Waals surface area contributed by atoms with Crippen molar-refractivity contribution in [3.63, 3.8) is 0 Å². The largest absolute Gasteiger partial charge is 0.346 e. The van der Waals surface area contributed by atoms with E-state index in [2.05, 4.69) is 11.8 Å². The van der Waals surface area contributed by atoms with Crippen molar-refractivity contribution in [2.24, 2.45) is 0 Å². The van der Waals surface area contributed by atoms with E-state index in [0.29, 0.717) is 6.61 Å². The zero-order valence-electron chi connectivity index (χ0n) is 8.23. The summed E-state index contributed by atoms with van der Waals surface area (Å²) >= 11 is 0. The Morgan fingerprint density at radius 2 is 2.00 bits per heavy atom. The molecule has 1 atom stereocenters. The lowest BCUT2D eigenvalue weighted by atomic mass is 10.1. The van der Waals surface area contributed by atoms with Crippen LogP contribution in [0.25, 0.3) is 0 Å². The molecule has 0 radical (unpaired) electrons. The maximum absolute atomic E-state index is 5.64. The Kier molecular flexibility index (Phi) is 2.46. The Balaban J connectivity index is 2.65. The molecule has 1 saturated heterocycles. The van der Waals surface area contributed by atoms with E-state index < -0.39 is 11.4 Å². The fourth-order valence-electron chi connectivity index (χ4n) is 1.25. The van der Waals surface area contributed by atoms with E-state index in [1.165, 1.54) is 0 Å². The molecule has 0 unspecified atom stereocenters. The van der Waals surface area contributed by atoms with Gasteiger partial charge in [0.1, 0.15) is 0 Å². The van der Waals surface area contributed by atoms with E-state index in [0.717, 1.165) is 6.42 Å². The molecule has 0 aromatic rings. The lowest BCUT2D eigenvalue weighted by Crippen LogP contribution is -2.29. The number of hydrogen-bond acceptors (Lipinski definition) is 2. The van der Waals surface area contributed by atoms with Gasteiger partial charge in [-0.05, 0) is 20.8 Å². The lowest BCUT2D eigenvalue weighted by Gasteiger charge is -2.19. The highest BCUT2D eigenvalue weighted by Crippen LogP contribution is 2.29. The summed E-state index contributed by atoms with van der Waals surface area (Å²) in [6, 6.07) is 0. The number of ether oxygens (including phenoxy) is 2. The number of rotatable bonds is 0. The van der Waals surface area contributed by atoms with E-state index in [1.54, 1.807) is 0 Å². The van der Waals surface area contributed by atoms with Crippen molar-refractivity contribution in [2.45, 2.75) is 45.5 Å². The molecule has 68 valence electrons. The van der Waals surface area contributed by atoms with Crippen LogP contribution in [0.2, 0.25) is 0 Å². The van der Waals surface area contributed by atoms with E-state index in [4.69, 9.17) is 9.47 Å². The van der Waals surface area contributed by atoms with Gasteiger partial charge in [-0.25, -0.2) is 0 Å². The highest BCUT2D eigenvalue weighted by Gasteiger charge is 2.40. The van der Waals surface area contributed by atoms with Crippen molar-refractivity contribution in [2.75, 3.05) is 6.61 Å². The molecular formula is C10H16O2. The summed E-state index contributed by atoms with van der Waals surface area (Å²) in [5.41, 5.74) is -0.403. The SMILES string of the molecule is CCC#C[C@@]1(C)COC(C)(C)O1. The summed E-state index contributed by atoms with van der Waals surface area (Å²) in [4.78, 5) is 0. The van der Waals surface area contributed by atoms with Gasteiger partial charge in [0, 0.05) is 6.42 Å². The second-order valence-electron chi connectivity index (χ2n) is 3.68. The summed E-state index contributed by atoms with van der Waals surface area (Å²) in [7, 11) is 0. The first-order chi connectivity index (χ1) is 5.47. The summed E-state index contributed by atoms with van der Waals surface area (Å²) in [6.45, 7) is 8.37. The van der Waals surface area contributed by atoms with Crippen LogP contribution in [0.3, 0.4) is 0 Å². The average Bonchev–Trinajstić information content (AvgIpc) is 2.23. The summed E-state index contributed by atoms with van der Waals surface area (Å²) in [6.07, 6.45) is 0.860. The second kappa shape index (κ2) is 3.08. The van der Waals surface area contributed by atoms with Crippen molar-refractivity contribution in [3.8, 4) is 11.8 Å². The van der Waals surface area contributed by atoms with E-state index in [1.807, 2.05) is 27.7 Å². The smallest absolute Gasteiger partial charge is 0.165 e. The Morgan fingerprint density at radius 1 is 1.33 bits per heavy atom. The maximum atomic E-state index is 5.64. The van der Waals surface area contributed by atoms with E-state index in [9.17, 15) is 0 Å². The van der Waals surface area contributed by atoms with Crippen LogP contribution in [0.5, 0.6) is 0 Å². The van der Waals surface area contributed by atoms with Gasteiger partial charge >= 0.3 is 0 Å². The van der Waals surface area contributed by atoms with Gasteiger partial charge in [-0.15, -0.1) is 5.92 Å². The minimum Gasteiger partial charge on any atom is -0.346 e. The van der Waals surface area contributed by atoms with Crippen LogP contribution < -0.4 is 0 Å². The maximum Gasteiger partial charge on any atom is 0.165 e. The van der Waals surface area contributed by atoms with Crippen molar-refractivity contribution in [1.82, 2.24) is 0 Å². The molecule has 0 amide bonds. The predicted molar refractivity (Wildman–Crippen MR) is 47.6 cm³/mol. The summed E-state index contributed by atoms with van der Waals surface area (Å²) in [5.74, 6) is 5.60. The normalized spacial score (nSPS) is 32.7. The van der Waals surface area contributed by atoms with Crippen LogP contribution in [0.4, 0.5) is 0 Å². The molecule has 12 heavy (non-hydrogen) atoms. The zero-order valence-corrected chi connectivity index (χ0v) is 8.23. The molecule has 1 heterocycles. The molecular weight excluding hydrogens is 152 g/mol. The highest BCUT2D eigenvalue weighted by atomic mass is 16.7. The first kappa shape index (κ1) is 9.57. The van der Waals surface area contributed by atoms with Crippen LogP contribution in [0, 0.1) is 11.8 Å². The van der Waals surface area contributed by atoms with Crippen LogP contribution in [-0.2, 0) is 9.47 Å². The van der Waals surface area contributed by atoms with Gasteiger partial charge in [-0.3, -0.25) is 0 Å². The van der Waals surface area contributed by atoms with Crippen molar-refractivity contribution in [3.05, 3.63) is 0 Å². The van der Waals surface area contributed by atoms with E-state index in [-0.39, 0.29) is 0 Å². The third kappa shape index (κ3) is 2.23. The molecule has 0 aliphatic carbocycles. The van der Waals surface area contributed by atoms with Gasteiger partial charge in [0.25, 0.3) is 0 Å². The first-order valence-corrected chi connectivity index (χ1v) is 4.32. The fourth-order valence-corrected chi connectivity index (χ4v) is 1.25. The number of hydrogen-bond donors (Lipinski definition) is 0. The van der Waals surface area contributed by atoms with Crippen molar-refractivity contribution in [1.29, 1.82) is 0 Å². The molecule has 0 N–H and O–H groups in total. The molecule has 1 rings (SSSR count). The minimum absolute atomic E-state index is 0.403. The van der Waals surface area contributed by atoms with Gasteiger partial charge in [-0.1, -0.05) is 12.8 Å². The van der Waals surface area contributed by atoms with Gasteiger partial charge in [0.2, 0.25) is 0 Å². The Hall–Kier alpha value is -0.520. The predicted octanol–water partition coefficient (Wildman–Crippen LogP) is 1.94. The second-order valence-corrected chi connectivity index (χ2v) is 3.68. The summed E-state index contributed by atoms with van der Waals surface area (Å²) < 4.78 is 11.1. The van der Waals surface area contributed by atoms with E-state index >= 15 is 0 Å². The third-order valence-electron chi connectivity index (χ3n) is 1.70. The Bertz CT molecular complexity index is 222. The highest BCUT2D eigenvalue weighted by molar-refractivity contribution is 5.14. The molecule has 0 aromatic carbocycles. The fraction of sp³-hybridized carbons (Fsp3) is 0.800. The Labute approximate surface area is 74.2 Å². The third-order valence-corrected chi connectivity index (χ3v) is 1.70. The van der Waals surface area contributed by atoms with Gasteiger partial charge in [0.05, 0.1) is 6.61 Å². The van der Waals surface area contributed by atoms with Crippen LogP contribution in [0.15, 0.2) is 0 Å². The van der Waals surface area contributed by atoms with Crippen molar-refractivity contribution >= 4 is 0 Å². The van der Waals surface area contributed by atoms with Crippen LogP contribution >= 0.6 is 0 Å². The quantitative estimate of drug-likeness (QED) is 0.515.